The van der Waals surface area contributed by atoms with Crippen molar-refractivity contribution in [3.8, 4) is 5.75 Å². The lowest BCUT2D eigenvalue weighted by Gasteiger charge is -2.20. The van der Waals surface area contributed by atoms with Crippen LogP contribution in [-0.4, -0.2) is 13.4 Å². The lowest BCUT2D eigenvalue weighted by Crippen LogP contribution is -2.14. The van der Waals surface area contributed by atoms with Crippen LogP contribution in [0.2, 0.25) is 5.02 Å². The fourth-order valence-corrected chi connectivity index (χ4v) is 1.87. The van der Waals surface area contributed by atoms with Gasteiger partial charge in [0.25, 0.3) is 0 Å². The number of hydrogen-bond acceptors (Lipinski definition) is 4. The lowest BCUT2D eigenvalue weighted by atomic mass is 10.1. The molecule has 1 aliphatic heterocycles. The van der Waals surface area contributed by atoms with Crippen molar-refractivity contribution >= 4 is 11.6 Å². The summed E-state index contributed by atoms with van der Waals surface area (Å²) in [5.41, 5.74) is 1.98. The van der Waals surface area contributed by atoms with E-state index in [1.807, 2.05) is 12.1 Å². The molecular weight excluding hydrogens is 218 g/mol. The molecule has 0 saturated carbocycles. The van der Waals surface area contributed by atoms with Gasteiger partial charge in [-0.15, -0.1) is 0 Å². The van der Waals surface area contributed by atoms with E-state index in [1.165, 1.54) is 0 Å². The average molecular weight is 230 g/mol. The molecule has 4 nitrogen and oxygen atoms in total. The van der Waals surface area contributed by atoms with Gasteiger partial charge in [0, 0.05) is 17.0 Å². The fourth-order valence-electron chi connectivity index (χ4n) is 1.61. The highest BCUT2D eigenvalue weighted by atomic mass is 35.5. The Labute approximate surface area is 92.8 Å². The molecule has 1 aromatic rings. The number of benzene rings is 1. The number of nitrogens with two attached hydrogens (primary N) is 1. The van der Waals surface area contributed by atoms with Gasteiger partial charge in [-0.25, -0.2) is 5.90 Å². The summed E-state index contributed by atoms with van der Waals surface area (Å²) >= 11 is 5.98. The van der Waals surface area contributed by atoms with Crippen LogP contribution in [0.1, 0.15) is 11.1 Å². The summed E-state index contributed by atoms with van der Waals surface area (Å²) in [5.74, 6) is 5.84. The number of fused-ring (bicyclic) bond motifs is 1. The molecule has 2 N–H and O–H groups in total. The van der Waals surface area contributed by atoms with Crippen LogP contribution in [0.4, 0.5) is 0 Å². The summed E-state index contributed by atoms with van der Waals surface area (Å²) in [6.45, 7) is 1.26. The summed E-state index contributed by atoms with van der Waals surface area (Å²) in [7, 11) is 0. The molecule has 0 unspecified atom stereocenters. The van der Waals surface area contributed by atoms with E-state index in [2.05, 4.69) is 4.84 Å². The zero-order valence-corrected chi connectivity index (χ0v) is 8.92. The van der Waals surface area contributed by atoms with Gasteiger partial charge in [0.2, 0.25) is 0 Å². The minimum absolute atomic E-state index is 0.283. The highest BCUT2D eigenvalue weighted by molar-refractivity contribution is 6.30. The number of halogens is 1. The molecule has 0 amide bonds. The van der Waals surface area contributed by atoms with E-state index in [-0.39, 0.29) is 6.79 Å². The third kappa shape index (κ3) is 2.41. The third-order valence-corrected chi connectivity index (χ3v) is 2.46. The standard InChI is InChI=1S/C10H12ClNO3/c11-9-3-7(1-2-15-12)10-8(4-9)5-13-6-14-10/h3-4H,1-2,5-6,12H2. The van der Waals surface area contributed by atoms with E-state index in [9.17, 15) is 0 Å². The van der Waals surface area contributed by atoms with Crippen LogP contribution in [0.3, 0.4) is 0 Å². The predicted octanol–water partition coefficient (Wildman–Crippen LogP) is 1.64. The Morgan fingerprint density at radius 2 is 2.33 bits per heavy atom. The highest BCUT2D eigenvalue weighted by Crippen LogP contribution is 2.31. The summed E-state index contributed by atoms with van der Waals surface area (Å²) < 4.78 is 10.6. The molecule has 1 heterocycles. The van der Waals surface area contributed by atoms with Crippen LogP contribution in [0, 0.1) is 0 Å². The Kier molecular flexibility index (Phi) is 3.43. The van der Waals surface area contributed by atoms with E-state index in [4.69, 9.17) is 27.0 Å². The maximum atomic E-state index is 5.98. The fraction of sp³-hybridized carbons (Fsp3) is 0.400. The van der Waals surface area contributed by atoms with Gasteiger partial charge < -0.3 is 14.3 Å². The van der Waals surface area contributed by atoms with E-state index in [0.29, 0.717) is 24.7 Å². The van der Waals surface area contributed by atoms with Crippen molar-refractivity contribution in [3.63, 3.8) is 0 Å². The van der Waals surface area contributed by atoms with Crippen LogP contribution in [0.5, 0.6) is 5.75 Å². The second-order valence-corrected chi connectivity index (χ2v) is 3.72. The topological polar surface area (TPSA) is 53.7 Å². The summed E-state index contributed by atoms with van der Waals surface area (Å²) in [6, 6.07) is 3.72. The first-order valence-corrected chi connectivity index (χ1v) is 5.02. The lowest BCUT2D eigenvalue weighted by molar-refractivity contribution is -0.0172. The van der Waals surface area contributed by atoms with Crippen molar-refractivity contribution in [2.24, 2.45) is 5.90 Å². The summed E-state index contributed by atoms with van der Waals surface area (Å²) in [5, 5.41) is 0.676. The Morgan fingerprint density at radius 3 is 3.13 bits per heavy atom. The molecule has 1 aromatic carbocycles. The van der Waals surface area contributed by atoms with Crippen molar-refractivity contribution < 1.29 is 14.3 Å². The first-order chi connectivity index (χ1) is 7.31. The van der Waals surface area contributed by atoms with E-state index in [0.717, 1.165) is 16.9 Å². The smallest absolute Gasteiger partial charge is 0.189 e. The molecule has 1 aliphatic rings. The van der Waals surface area contributed by atoms with Crippen molar-refractivity contribution in [2.75, 3.05) is 13.4 Å². The van der Waals surface area contributed by atoms with E-state index >= 15 is 0 Å². The highest BCUT2D eigenvalue weighted by Gasteiger charge is 2.15. The van der Waals surface area contributed by atoms with Gasteiger partial charge in [-0.2, -0.15) is 0 Å². The van der Waals surface area contributed by atoms with Crippen molar-refractivity contribution in [1.82, 2.24) is 0 Å². The minimum Gasteiger partial charge on any atom is -0.467 e. The number of rotatable bonds is 3. The van der Waals surface area contributed by atoms with Gasteiger partial charge in [-0.05, 0) is 17.7 Å². The van der Waals surface area contributed by atoms with E-state index < -0.39 is 0 Å². The van der Waals surface area contributed by atoms with Gasteiger partial charge in [0.05, 0.1) is 13.2 Å². The molecule has 0 fully saturated rings. The zero-order valence-electron chi connectivity index (χ0n) is 8.16. The Morgan fingerprint density at radius 1 is 1.47 bits per heavy atom. The molecule has 15 heavy (non-hydrogen) atoms. The van der Waals surface area contributed by atoms with Crippen molar-refractivity contribution in [3.05, 3.63) is 28.3 Å². The molecule has 0 bridgehead atoms. The maximum absolute atomic E-state index is 5.98. The second-order valence-electron chi connectivity index (χ2n) is 3.28. The first kappa shape index (κ1) is 10.7. The Hall–Kier alpha value is -0.810. The van der Waals surface area contributed by atoms with Gasteiger partial charge in [0.15, 0.2) is 6.79 Å². The van der Waals surface area contributed by atoms with Crippen LogP contribution >= 0.6 is 11.6 Å². The molecular formula is C10H12ClNO3. The van der Waals surface area contributed by atoms with Crippen LogP contribution in [-0.2, 0) is 22.6 Å². The minimum atomic E-state index is 0.283. The van der Waals surface area contributed by atoms with Crippen LogP contribution < -0.4 is 10.6 Å². The molecule has 2 rings (SSSR count). The molecule has 82 valence electrons. The van der Waals surface area contributed by atoms with Crippen LogP contribution in [0.15, 0.2) is 12.1 Å². The quantitative estimate of drug-likeness (QED) is 0.801. The third-order valence-electron chi connectivity index (χ3n) is 2.24. The number of hydrogen-bond donors (Lipinski definition) is 1. The van der Waals surface area contributed by atoms with Gasteiger partial charge >= 0.3 is 0 Å². The van der Waals surface area contributed by atoms with Crippen molar-refractivity contribution in [1.29, 1.82) is 0 Å². The Balaban J connectivity index is 2.30. The van der Waals surface area contributed by atoms with Crippen LogP contribution in [0.25, 0.3) is 0 Å². The number of ether oxygens (including phenoxy) is 2. The molecule has 0 radical (unpaired) electrons. The van der Waals surface area contributed by atoms with Gasteiger partial charge in [0.1, 0.15) is 5.75 Å². The normalized spacial score (nSPS) is 14.5. The predicted molar refractivity (Wildman–Crippen MR) is 55.6 cm³/mol. The molecule has 0 atom stereocenters. The Bertz CT molecular complexity index is 357. The maximum Gasteiger partial charge on any atom is 0.189 e. The van der Waals surface area contributed by atoms with Gasteiger partial charge in [-0.3, -0.25) is 0 Å². The zero-order chi connectivity index (χ0) is 10.7. The SMILES string of the molecule is NOCCc1cc(Cl)cc2c1OCOC2. The molecule has 0 aromatic heterocycles. The van der Waals surface area contributed by atoms with E-state index in [1.54, 1.807) is 0 Å². The monoisotopic (exact) mass is 229 g/mol. The van der Waals surface area contributed by atoms with Gasteiger partial charge in [-0.1, -0.05) is 11.6 Å². The first-order valence-electron chi connectivity index (χ1n) is 4.65. The second kappa shape index (κ2) is 4.81. The molecule has 5 heteroatoms. The van der Waals surface area contributed by atoms with Crippen molar-refractivity contribution in [2.45, 2.75) is 13.0 Å². The molecule has 0 aliphatic carbocycles. The molecule has 0 saturated heterocycles. The summed E-state index contributed by atoms with van der Waals surface area (Å²) in [4.78, 5) is 4.55. The summed E-state index contributed by atoms with van der Waals surface area (Å²) in [6.07, 6.45) is 0.680. The average Bonchev–Trinajstić information content (AvgIpc) is 2.25. The molecule has 0 spiro atoms. The largest absolute Gasteiger partial charge is 0.467 e.